The Hall–Kier alpha value is -1.82. The number of hydrogen-bond acceptors (Lipinski definition) is 3. The van der Waals surface area contributed by atoms with E-state index < -0.39 is 12.6 Å². The highest BCUT2D eigenvalue weighted by Gasteiger charge is 2.09. The standard InChI is InChI=1S/C13H13BrN2O3/c1-8-5-10(3-4-11(8)14)16-9(2)6-12(15-16)19-7-13(17)18/h3-6H,7H2,1-2H3,(H,17,18). The fourth-order valence-electron chi connectivity index (χ4n) is 1.67. The van der Waals surface area contributed by atoms with Crippen LogP contribution in [0.4, 0.5) is 0 Å². The van der Waals surface area contributed by atoms with Gasteiger partial charge in [0.2, 0.25) is 5.88 Å². The molecule has 0 amide bonds. The van der Waals surface area contributed by atoms with Crippen LogP contribution in [0.25, 0.3) is 5.69 Å². The van der Waals surface area contributed by atoms with Gasteiger partial charge in [0.1, 0.15) is 0 Å². The molecule has 6 heteroatoms. The largest absolute Gasteiger partial charge is 0.479 e. The van der Waals surface area contributed by atoms with Crippen LogP contribution >= 0.6 is 15.9 Å². The number of carboxylic acid groups (broad SMARTS) is 1. The van der Waals surface area contributed by atoms with Crippen molar-refractivity contribution >= 4 is 21.9 Å². The van der Waals surface area contributed by atoms with Gasteiger partial charge in [-0.3, -0.25) is 0 Å². The molecule has 2 aromatic rings. The van der Waals surface area contributed by atoms with Gasteiger partial charge in [0.05, 0.1) is 5.69 Å². The van der Waals surface area contributed by atoms with Crippen molar-refractivity contribution in [3.05, 3.63) is 40.0 Å². The summed E-state index contributed by atoms with van der Waals surface area (Å²) in [6, 6.07) is 7.58. The van der Waals surface area contributed by atoms with Gasteiger partial charge < -0.3 is 9.84 Å². The number of carboxylic acids is 1. The summed E-state index contributed by atoms with van der Waals surface area (Å²) in [6.45, 7) is 3.49. The molecule has 100 valence electrons. The van der Waals surface area contributed by atoms with Crippen LogP contribution < -0.4 is 4.74 Å². The molecule has 0 fully saturated rings. The molecule has 19 heavy (non-hydrogen) atoms. The first-order chi connectivity index (χ1) is 8.97. The van der Waals surface area contributed by atoms with Crippen molar-refractivity contribution in [1.29, 1.82) is 0 Å². The Bertz CT molecular complexity index is 622. The fraction of sp³-hybridized carbons (Fsp3) is 0.231. The number of aryl methyl sites for hydroxylation is 2. The van der Waals surface area contributed by atoms with E-state index >= 15 is 0 Å². The summed E-state index contributed by atoms with van der Waals surface area (Å²) >= 11 is 3.45. The zero-order valence-electron chi connectivity index (χ0n) is 10.6. The molecule has 0 saturated carbocycles. The molecular formula is C13H13BrN2O3. The average molecular weight is 325 g/mol. The Labute approximate surface area is 118 Å². The second kappa shape index (κ2) is 5.44. The lowest BCUT2D eigenvalue weighted by Gasteiger charge is -2.06. The topological polar surface area (TPSA) is 64.4 Å². The van der Waals surface area contributed by atoms with Crippen LogP contribution in [0.15, 0.2) is 28.7 Å². The predicted octanol–water partition coefficient (Wildman–Crippen LogP) is 2.72. The van der Waals surface area contributed by atoms with E-state index in [0.717, 1.165) is 21.4 Å². The maximum atomic E-state index is 10.5. The number of nitrogens with zero attached hydrogens (tertiary/aromatic N) is 2. The van der Waals surface area contributed by atoms with E-state index in [1.165, 1.54) is 0 Å². The Morgan fingerprint density at radius 3 is 2.79 bits per heavy atom. The molecule has 0 radical (unpaired) electrons. The van der Waals surface area contributed by atoms with Crippen molar-refractivity contribution in [3.63, 3.8) is 0 Å². The molecule has 5 nitrogen and oxygen atoms in total. The van der Waals surface area contributed by atoms with Crippen molar-refractivity contribution in [2.45, 2.75) is 13.8 Å². The quantitative estimate of drug-likeness (QED) is 0.939. The normalized spacial score (nSPS) is 10.5. The third kappa shape index (κ3) is 3.14. The van der Waals surface area contributed by atoms with Crippen LogP contribution in [0.3, 0.4) is 0 Å². The summed E-state index contributed by atoms with van der Waals surface area (Å²) in [5.74, 6) is -0.716. The molecule has 0 unspecified atom stereocenters. The Balaban J connectivity index is 2.29. The molecule has 1 N–H and O–H groups in total. The zero-order chi connectivity index (χ0) is 14.0. The number of hydrogen-bond donors (Lipinski definition) is 1. The van der Waals surface area contributed by atoms with Crippen molar-refractivity contribution in [2.75, 3.05) is 6.61 Å². The maximum Gasteiger partial charge on any atom is 0.341 e. The molecule has 1 heterocycles. The summed E-state index contributed by atoms with van der Waals surface area (Å²) in [4.78, 5) is 10.5. The molecule has 2 rings (SSSR count). The van der Waals surface area contributed by atoms with E-state index in [2.05, 4.69) is 21.0 Å². The van der Waals surface area contributed by atoms with Gasteiger partial charge in [-0.25, -0.2) is 9.48 Å². The van der Waals surface area contributed by atoms with E-state index in [0.29, 0.717) is 5.88 Å². The SMILES string of the molecule is Cc1cc(-n2nc(OCC(=O)O)cc2C)ccc1Br. The minimum absolute atomic E-state index is 0.306. The van der Waals surface area contributed by atoms with Gasteiger partial charge in [0.25, 0.3) is 0 Å². The lowest BCUT2D eigenvalue weighted by molar-refractivity contribution is -0.139. The minimum Gasteiger partial charge on any atom is -0.479 e. The van der Waals surface area contributed by atoms with Gasteiger partial charge in [-0.2, -0.15) is 0 Å². The molecule has 1 aromatic heterocycles. The number of ether oxygens (including phenoxy) is 1. The minimum atomic E-state index is -1.02. The smallest absolute Gasteiger partial charge is 0.341 e. The van der Waals surface area contributed by atoms with Crippen LogP contribution in [0.5, 0.6) is 5.88 Å². The van der Waals surface area contributed by atoms with Crippen molar-refractivity contribution in [3.8, 4) is 11.6 Å². The summed E-state index contributed by atoms with van der Waals surface area (Å²) in [7, 11) is 0. The fourth-order valence-corrected chi connectivity index (χ4v) is 1.92. The van der Waals surface area contributed by atoms with Gasteiger partial charge in [-0.15, -0.1) is 5.10 Å². The van der Waals surface area contributed by atoms with E-state index in [1.54, 1.807) is 10.7 Å². The number of aliphatic carboxylic acids is 1. The average Bonchev–Trinajstić information content (AvgIpc) is 2.72. The lowest BCUT2D eigenvalue weighted by Crippen LogP contribution is -2.10. The highest BCUT2D eigenvalue weighted by atomic mass is 79.9. The van der Waals surface area contributed by atoms with Gasteiger partial charge in [0.15, 0.2) is 6.61 Å². The number of halogens is 1. The predicted molar refractivity (Wildman–Crippen MR) is 73.9 cm³/mol. The lowest BCUT2D eigenvalue weighted by atomic mass is 10.2. The maximum absolute atomic E-state index is 10.5. The highest BCUT2D eigenvalue weighted by Crippen LogP contribution is 2.22. The Morgan fingerprint density at radius 2 is 2.16 bits per heavy atom. The van der Waals surface area contributed by atoms with Crippen LogP contribution in [0.2, 0.25) is 0 Å². The van der Waals surface area contributed by atoms with Gasteiger partial charge in [0, 0.05) is 16.2 Å². The van der Waals surface area contributed by atoms with E-state index in [1.807, 2.05) is 32.0 Å². The van der Waals surface area contributed by atoms with Crippen LogP contribution in [-0.2, 0) is 4.79 Å². The number of aromatic nitrogens is 2. The molecule has 0 spiro atoms. The van der Waals surface area contributed by atoms with E-state index in [-0.39, 0.29) is 0 Å². The van der Waals surface area contributed by atoms with Gasteiger partial charge in [-0.1, -0.05) is 15.9 Å². The zero-order valence-corrected chi connectivity index (χ0v) is 12.1. The summed E-state index contributed by atoms with van der Waals surface area (Å²) in [5.41, 5.74) is 2.88. The molecular weight excluding hydrogens is 312 g/mol. The Kier molecular flexibility index (Phi) is 3.90. The first-order valence-electron chi connectivity index (χ1n) is 5.65. The highest BCUT2D eigenvalue weighted by molar-refractivity contribution is 9.10. The van der Waals surface area contributed by atoms with E-state index in [4.69, 9.17) is 9.84 Å². The first-order valence-corrected chi connectivity index (χ1v) is 6.44. The van der Waals surface area contributed by atoms with Crippen LogP contribution in [0, 0.1) is 13.8 Å². The molecule has 0 bridgehead atoms. The summed E-state index contributed by atoms with van der Waals surface area (Å²) < 4.78 is 7.81. The van der Waals surface area contributed by atoms with Crippen molar-refractivity contribution in [1.82, 2.24) is 9.78 Å². The monoisotopic (exact) mass is 324 g/mol. The van der Waals surface area contributed by atoms with Gasteiger partial charge >= 0.3 is 5.97 Å². The third-order valence-electron chi connectivity index (χ3n) is 2.59. The summed E-state index contributed by atoms with van der Waals surface area (Å²) in [6.07, 6.45) is 0. The number of benzene rings is 1. The molecule has 0 aliphatic rings. The number of carbonyl (C=O) groups is 1. The third-order valence-corrected chi connectivity index (χ3v) is 3.48. The van der Waals surface area contributed by atoms with Gasteiger partial charge in [-0.05, 0) is 37.6 Å². The second-order valence-corrected chi connectivity index (χ2v) is 5.01. The second-order valence-electron chi connectivity index (χ2n) is 4.15. The van der Waals surface area contributed by atoms with Crippen LogP contribution in [0.1, 0.15) is 11.3 Å². The molecule has 0 aliphatic heterocycles. The Morgan fingerprint density at radius 1 is 1.42 bits per heavy atom. The molecule has 0 atom stereocenters. The first kappa shape index (κ1) is 13.6. The molecule has 0 aliphatic carbocycles. The van der Waals surface area contributed by atoms with E-state index in [9.17, 15) is 4.79 Å². The molecule has 1 aromatic carbocycles. The summed E-state index contributed by atoms with van der Waals surface area (Å²) in [5, 5.41) is 12.8. The van der Waals surface area contributed by atoms with Crippen LogP contribution in [-0.4, -0.2) is 27.5 Å². The van der Waals surface area contributed by atoms with Crippen molar-refractivity contribution < 1.29 is 14.6 Å². The van der Waals surface area contributed by atoms with Crippen molar-refractivity contribution in [2.24, 2.45) is 0 Å². The molecule has 0 saturated heterocycles. The number of rotatable bonds is 4.